The van der Waals surface area contributed by atoms with Gasteiger partial charge in [0.25, 0.3) is 0 Å². The van der Waals surface area contributed by atoms with Gasteiger partial charge >= 0.3 is 0 Å². The van der Waals surface area contributed by atoms with Gasteiger partial charge in [-0.1, -0.05) is 6.92 Å². The van der Waals surface area contributed by atoms with Crippen LogP contribution >= 0.6 is 12.4 Å². The number of rotatable bonds is 5. The number of aliphatic hydroxyl groups is 1. The monoisotopic (exact) mass is 333 g/mol. The summed E-state index contributed by atoms with van der Waals surface area (Å²) in [6.45, 7) is 9.18. The topological polar surface area (TPSA) is 64.6 Å². The highest BCUT2D eigenvalue weighted by molar-refractivity contribution is 5.85. The first kappa shape index (κ1) is 19.7. The predicted molar refractivity (Wildman–Crippen MR) is 91.3 cm³/mol. The van der Waals surface area contributed by atoms with Crippen molar-refractivity contribution in [2.75, 3.05) is 39.3 Å². The normalized spacial score (nSPS) is 28.7. The molecule has 0 radical (unpaired) electrons. The molecule has 1 amide bonds. The van der Waals surface area contributed by atoms with Crippen LogP contribution in [0.4, 0.5) is 0 Å². The number of hydrogen-bond donors (Lipinski definition) is 3. The molecule has 22 heavy (non-hydrogen) atoms. The van der Waals surface area contributed by atoms with Crippen molar-refractivity contribution in [2.24, 2.45) is 11.3 Å². The molecule has 2 rings (SSSR count). The van der Waals surface area contributed by atoms with Crippen molar-refractivity contribution in [1.29, 1.82) is 0 Å². The largest absolute Gasteiger partial charge is 0.390 e. The average Bonchev–Trinajstić information content (AvgIpc) is 2.48. The number of β-amino-alcohol motifs (C(OH)–C–C–N with tert-alkyl or cyclic N) is 1. The van der Waals surface area contributed by atoms with Crippen molar-refractivity contribution in [1.82, 2.24) is 15.5 Å². The molecule has 130 valence electrons. The minimum Gasteiger partial charge on any atom is -0.390 e. The first-order valence-electron chi connectivity index (χ1n) is 8.39. The van der Waals surface area contributed by atoms with Crippen LogP contribution in [0.1, 0.15) is 39.5 Å². The zero-order valence-corrected chi connectivity index (χ0v) is 14.8. The van der Waals surface area contributed by atoms with E-state index in [1.165, 1.54) is 12.8 Å². The summed E-state index contributed by atoms with van der Waals surface area (Å²) in [7, 11) is 0. The first-order valence-corrected chi connectivity index (χ1v) is 8.39. The van der Waals surface area contributed by atoms with E-state index in [1.807, 2.05) is 6.92 Å². The number of hydrogen-bond acceptors (Lipinski definition) is 4. The van der Waals surface area contributed by atoms with Crippen LogP contribution < -0.4 is 10.6 Å². The minimum absolute atomic E-state index is 0. The summed E-state index contributed by atoms with van der Waals surface area (Å²) in [5, 5.41) is 16.3. The average molecular weight is 334 g/mol. The van der Waals surface area contributed by atoms with E-state index in [-0.39, 0.29) is 23.7 Å². The maximum Gasteiger partial charge on any atom is 0.227 e. The summed E-state index contributed by atoms with van der Waals surface area (Å²) < 4.78 is 0. The molecule has 2 unspecified atom stereocenters. The van der Waals surface area contributed by atoms with Crippen LogP contribution in [0.5, 0.6) is 0 Å². The van der Waals surface area contributed by atoms with Crippen LogP contribution in [-0.4, -0.2) is 61.3 Å². The number of halogens is 1. The van der Waals surface area contributed by atoms with Crippen molar-refractivity contribution < 1.29 is 9.90 Å². The van der Waals surface area contributed by atoms with E-state index in [9.17, 15) is 9.90 Å². The van der Waals surface area contributed by atoms with Crippen LogP contribution in [0.15, 0.2) is 0 Å². The summed E-state index contributed by atoms with van der Waals surface area (Å²) in [6.07, 6.45) is 3.92. The predicted octanol–water partition coefficient (Wildman–Crippen LogP) is 1.01. The lowest BCUT2D eigenvalue weighted by atomic mass is 9.82. The van der Waals surface area contributed by atoms with Crippen molar-refractivity contribution >= 4 is 18.3 Å². The molecular formula is C16H32ClN3O2. The number of piperidine rings is 2. The highest BCUT2D eigenvalue weighted by Crippen LogP contribution is 2.25. The fourth-order valence-electron chi connectivity index (χ4n) is 3.28. The Labute approximate surface area is 140 Å². The van der Waals surface area contributed by atoms with Gasteiger partial charge in [0.1, 0.15) is 0 Å². The van der Waals surface area contributed by atoms with Crippen LogP contribution in [0, 0.1) is 11.3 Å². The van der Waals surface area contributed by atoms with Crippen molar-refractivity contribution in [3.05, 3.63) is 0 Å². The molecule has 2 saturated heterocycles. The summed E-state index contributed by atoms with van der Waals surface area (Å²) in [5.41, 5.74) is -0.321. The molecule has 0 bridgehead atoms. The van der Waals surface area contributed by atoms with E-state index >= 15 is 0 Å². The molecule has 0 aromatic rings. The number of carbonyl (C=O) groups excluding carboxylic acids is 1. The second-order valence-corrected chi connectivity index (χ2v) is 7.19. The minimum atomic E-state index is -0.470. The molecule has 2 heterocycles. The van der Waals surface area contributed by atoms with E-state index in [1.54, 1.807) is 0 Å². The van der Waals surface area contributed by atoms with Gasteiger partial charge in [0, 0.05) is 19.6 Å². The summed E-state index contributed by atoms with van der Waals surface area (Å²) in [4.78, 5) is 14.6. The Morgan fingerprint density at radius 2 is 2.14 bits per heavy atom. The van der Waals surface area contributed by atoms with Gasteiger partial charge in [-0.2, -0.15) is 0 Å². The van der Waals surface area contributed by atoms with E-state index in [4.69, 9.17) is 0 Å². The maximum absolute atomic E-state index is 12.3. The molecule has 0 aliphatic carbocycles. The highest BCUT2D eigenvalue weighted by atomic mass is 35.5. The lowest BCUT2D eigenvalue weighted by Gasteiger charge is -2.34. The number of carbonyl (C=O) groups is 1. The number of aliphatic hydroxyl groups excluding tert-OH is 1. The van der Waals surface area contributed by atoms with E-state index < -0.39 is 6.10 Å². The van der Waals surface area contributed by atoms with Gasteiger partial charge in [-0.15, -0.1) is 12.4 Å². The summed E-state index contributed by atoms with van der Waals surface area (Å²) in [5.74, 6) is 0.873. The fraction of sp³-hybridized carbons (Fsp3) is 0.938. The quantitative estimate of drug-likeness (QED) is 0.702. The number of likely N-dealkylation sites (tertiary alicyclic amines) is 1. The lowest BCUT2D eigenvalue weighted by Crippen LogP contribution is -2.51. The van der Waals surface area contributed by atoms with Gasteiger partial charge in [0.15, 0.2) is 0 Å². The molecule has 2 aliphatic rings. The van der Waals surface area contributed by atoms with Crippen LogP contribution in [-0.2, 0) is 4.79 Å². The highest BCUT2D eigenvalue weighted by Gasteiger charge is 2.34. The van der Waals surface area contributed by atoms with Crippen LogP contribution in [0.3, 0.4) is 0 Å². The third kappa shape index (κ3) is 5.69. The fourth-order valence-corrected chi connectivity index (χ4v) is 3.28. The van der Waals surface area contributed by atoms with Crippen LogP contribution in [0.25, 0.3) is 0 Å². The molecule has 2 atom stereocenters. The van der Waals surface area contributed by atoms with Crippen LogP contribution in [0.2, 0.25) is 0 Å². The Bertz CT molecular complexity index is 340. The Morgan fingerprint density at radius 3 is 2.73 bits per heavy atom. The van der Waals surface area contributed by atoms with E-state index in [0.717, 1.165) is 44.9 Å². The Balaban J connectivity index is 0.00000242. The number of nitrogens with zero attached hydrogens (tertiary/aromatic N) is 1. The molecular weight excluding hydrogens is 302 g/mol. The second kappa shape index (κ2) is 9.06. The van der Waals surface area contributed by atoms with Crippen molar-refractivity contribution in [3.63, 3.8) is 0 Å². The Kier molecular flexibility index (Phi) is 8.11. The van der Waals surface area contributed by atoms with Crippen molar-refractivity contribution in [3.8, 4) is 0 Å². The second-order valence-electron chi connectivity index (χ2n) is 7.19. The van der Waals surface area contributed by atoms with Gasteiger partial charge < -0.3 is 20.6 Å². The third-order valence-corrected chi connectivity index (χ3v) is 4.99. The molecule has 6 heteroatoms. The zero-order valence-electron chi connectivity index (χ0n) is 13.9. The Hall–Kier alpha value is -0.360. The zero-order chi connectivity index (χ0) is 15.3. The molecule has 0 spiro atoms. The van der Waals surface area contributed by atoms with Gasteiger partial charge in [0.05, 0.1) is 11.5 Å². The number of nitrogens with one attached hydrogen (secondary N) is 2. The van der Waals surface area contributed by atoms with E-state index in [0.29, 0.717) is 13.1 Å². The van der Waals surface area contributed by atoms with Gasteiger partial charge in [-0.05, 0) is 58.2 Å². The van der Waals surface area contributed by atoms with Gasteiger partial charge in [0.2, 0.25) is 5.91 Å². The number of amides is 1. The lowest BCUT2D eigenvalue weighted by molar-refractivity contribution is -0.131. The molecule has 0 aromatic heterocycles. The standard InChI is InChI=1S/C16H31N3O2.ClH/c1-13-4-8-19(9-5-13)11-14(20)10-18-15(21)16(2)6-3-7-17-12-16;/h13-14,17,20H,3-12H2,1-2H3,(H,18,21);1H. The molecule has 5 nitrogen and oxygen atoms in total. The molecule has 3 N–H and O–H groups in total. The SMILES string of the molecule is CC1CCN(CC(O)CNC(=O)C2(C)CCCNC2)CC1.Cl. The summed E-state index contributed by atoms with van der Waals surface area (Å²) >= 11 is 0. The molecule has 0 aromatic carbocycles. The smallest absolute Gasteiger partial charge is 0.227 e. The third-order valence-electron chi connectivity index (χ3n) is 4.99. The van der Waals surface area contributed by atoms with Gasteiger partial charge in [-0.3, -0.25) is 4.79 Å². The van der Waals surface area contributed by atoms with Crippen molar-refractivity contribution in [2.45, 2.75) is 45.6 Å². The molecule has 2 fully saturated rings. The molecule has 0 saturated carbocycles. The molecule has 2 aliphatic heterocycles. The summed E-state index contributed by atoms with van der Waals surface area (Å²) in [6, 6.07) is 0. The maximum atomic E-state index is 12.3. The van der Waals surface area contributed by atoms with E-state index in [2.05, 4.69) is 22.5 Å². The Morgan fingerprint density at radius 1 is 1.45 bits per heavy atom. The van der Waals surface area contributed by atoms with Gasteiger partial charge in [-0.25, -0.2) is 0 Å². The first-order chi connectivity index (χ1) is 9.99.